The van der Waals surface area contributed by atoms with Gasteiger partial charge >= 0.3 is 0 Å². The average molecular weight is 324 g/mol. The molecular weight excluding hydrogens is 294 g/mol. The molecule has 0 radical (unpaired) electrons. The van der Waals surface area contributed by atoms with Crippen LogP contribution >= 0.6 is 0 Å². The molecule has 0 aromatic carbocycles. The fourth-order valence-electron chi connectivity index (χ4n) is 4.17. The molecule has 0 bridgehead atoms. The van der Waals surface area contributed by atoms with Gasteiger partial charge < -0.3 is 19.9 Å². The van der Waals surface area contributed by atoms with Crippen molar-refractivity contribution in [3.63, 3.8) is 0 Å². The summed E-state index contributed by atoms with van der Waals surface area (Å²) in [4.78, 5) is 28.2. The van der Waals surface area contributed by atoms with Crippen LogP contribution in [0.2, 0.25) is 0 Å². The lowest BCUT2D eigenvalue weighted by atomic mass is 9.93. The third kappa shape index (κ3) is 4.23. The second-order valence-electron chi connectivity index (χ2n) is 7.05. The summed E-state index contributed by atoms with van der Waals surface area (Å²) < 4.78 is 5.35. The van der Waals surface area contributed by atoms with Gasteiger partial charge in [0.05, 0.1) is 26.3 Å². The van der Waals surface area contributed by atoms with Crippen molar-refractivity contribution in [1.29, 1.82) is 0 Å². The number of morpholine rings is 1. The molecule has 0 aromatic heterocycles. The molecule has 3 rings (SSSR count). The molecule has 23 heavy (non-hydrogen) atoms. The first-order chi connectivity index (χ1) is 11.3. The van der Waals surface area contributed by atoms with Crippen LogP contribution in [0.3, 0.4) is 0 Å². The number of hydrogen-bond donors (Lipinski definition) is 2. The summed E-state index contributed by atoms with van der Waals surface area (Å²) >= 11 is 0. The van der Waals surface area contributed by atoms with E-state index in [0.717, 1.165) is 45.7 Å². The van der Waals surface area contributed by atoms with Gasteiger partial charge in [0.1, 0.15) is 19.1 Å². The van der Waals surface area contributed by atoms with Gasteiger partial charge in [-0.2, -0.15) is 0 Å². The van der Waals surface area contributed by atoms with Crippen molar-refractivity contribution in [2.24, 2.45) is 0 Å². The van der Waals surface area contributed by atoms with E-state index in [0.29, 0.717) is 25.4 Å². The highest BCUT2D eigenvalue weighted by molar-refractivity contribution is 5.91. The summed E-state index contributed by atoms with van der Waals surface area (Å²) in [6, 6.07) is 0.0599. The Morgan fingerprint density at radius 1 is 1.17 bits per heavy atom. The first-order valence-corrected chi connectivity index (χ1v) is 9.26. The van der Waals surface area contributed by atoms with Gasteiger partial charge in [-0.3, -0.25) is 9.59 Å². The molecular formula is C17H30N3O3+. The molecule has 0 aromatic rings. The van der Waals surface area contributed by atoms with Crippen molar-refractivity contribution in [2.45, 2.75) is 57.0 Å². The van der Waals surface area contributed by atoms with E-state index in [1.807, 2.05) is 4.90 Å². The molecule has 6 nitrogen and oxygen atoms in total. The first-order valence-electron chi connectivity index (χ1n) is 9.26. The standard InChI is InChI=1S/C17H29N3O3/c21-16-7-6-15(20(16)14-4-2-1-3-5-14)17(22)18-8-9-19-10-12-23-13-11-19/h14-15H,1-13H2,(H,18,22)/p+1. The predicted octanol–water partition coefficient (Wildman–Crippen LogP) is -0.659. The van der Waals surface area contributed by atoms with E-state index in [2.05, 4.69) is 5.32 Å². The summed E-state index contributed by atoms with van der Waals surface area (Å²) in [6.07, 6.45) is 6.97. The number of likely N-dealkylation sites (tertiary alicyclic amines) is 1. The third-order valence-corrected chi connectivity index (χ3v) is 5.50. The maximum atomic E-state index is 12.5. The number of carbonyl (C=O) groups is 2. The van der Waals surface area contributed by atoms with Crippen molar-refractivity contribution < 1.29 is 19.2 Å². The molecule has 2 heterocycles. The Balaban J connectivity index is 1.47. The van der Waals surface area contributed by atoms with E-state index < -0.39 is 0 Å². The Morgan fingerprint density at radius 3 is 2.65 bits per heavy atom. The minimum atomic E-state index is -0.231. The summed E-state index contributed by atoms with van der Waals surface area (Å²) in [7, 11) is 0. The van der Waals surface area contributed by atoms with Gasteiger partial charge in [-0.15, -0.1) is 0 Å². The summed E-state index contributed by atoms with van der Waals surface area (Å²) in [5.41, 5.74) is 0. The van der Waals surface area contributed by atoms with Gasteiger partial charge in [0, 0.05) is 12.5 Å². The van der Waals surface area contributed by atoms with Crippen LogP contribution in [-0.4, -0.2) is 68.2 Å². The van der Waals surface area contributed by atoms with E-state index in [1.165, 1.54) is 24.2 Å². The Hall–Kier alpha value is -1.14. The van der Waals surface area contributed by atoms with Crippen molar-refractivity contribution in [2.75, 3.05) is 39.4 Å². The van der Waals surface area contributed by atoms with E-state index >= 15 is 0 Å². The third-order valence-electron chi connectivity index (χ3n) is 5.50. The Labute approximate surface area is 138 Å². The van der Waals surface area contributed by atoms with Crippen molar-refractivity contribution in [3.05, 3.63) is 0 Å². The van der Waals surface area contributed by atoms with Crippen LogP contribution < -0.4 is 10.2 Å². The molecule has 1 atom stereocenters. The smallest absolute Gasteiger partial charge is 0.243 e. The number of nitrogens with zero attached hydrogens (tertiary/aromatic N) is 1. The fourth-order valence-corrected chi connectivity index (χ4v) is 4.17. The normalized spacial score (nSPS) is 27.4. The summed E-state index contributed by atoms with van der Waals surface area (Å²) in [5, 5.41) is 3.07. The number of carbonyl (C=O) groups excluding carboxylic acids is 2. The van der Waals surface area contributed by atoms with Gasteiger partial charge in [0.15, 0.2) is 0 Å². The number of nitrogens with one attached hydrogen (secondary N) is 2. The van der Waals surface area contributed by atoms with E-state index in [1.54, 1.807) is 0 Å². The number of ether oxygens (including phenoxy) is 1. The molecule has 2 amide bonds. The van der Waals surface area contributed by atoms with Gasteiger partial charge in [-0.1, -0.05) is 19.3 Å². The van der Waals surface area contributed by atoms with Gasteiger partial charge in [-0.25, -0.2) is 0 Å². The van der Waals surface area contributed by atoms with Crippen LogP contribution in [0.15, 0.2) is 0 Å². The summed E-state index contributed by atoms with van der Waals surface area (Å²) in [5.74, 6) is 0.227. The highest BCUT2D eigenvalue weighted by Crippen LogP contribution is 2.30. The molecule has 3 aliphatic rings. The topological polar surface area (TPSA) is 63.1 Å². The maximum absolute atomic E-state index is 12.5. The average Bonchev–Trinajstić information content (AvgIpc) is 2.98. The number of amides is 2. The lowest BCUT2D eigenvalue weighted by molar-refractivity contribution is -0.906. The van der Waals surface area contributed by atoms with Crippen molar-refractivity contribution in [1.82, 2.24) is 10.2 Å². The number of quaternary nitrogens is 1. The fraction of sp³-hybridized carbons (Fsp3) is 0.882. The molecule has 1 aliphatic carbocycles. The second kappa shape index (κ2) is 8.11. The Bertz CT molecular complexity index is 417. The van der Waals surface area contributed by atoms with Crippen LogP contribution in [0.4, 0.5) is 0 Å². The number of hydrogen-bond acceptors (Lipinski definition) is 3. The molecule has 6 heteroatoms. The van der Waals surface area contributed by atoms with Crippen molar-refractivity contribution in [3.8, 4) is 0 Å². The lowest BCUT2D eigenvalue weighted by Crippen LogP contribution is -3.14. The molecule has 2 N–H and O–H groups in total. The van der Waals surface area contributed by atoms with E-state index in [-0.39, 0.29) is 17.9 Å². The van der Waals surface area contributed by atoms with Gasteiger partial charge in [-0.05, 0) is 19.3 Å². The molecule has 1 saturated carbocycles. The molecule has 2 saturated heterocycles. The van der Waals surface area contributed by atoms with E-state index in [4.69, 9.17) is 4.74 Å². The summed E-state index contributed by atoms with van der Waals surface area (Å²) in [6.45, 7) is 5.31. The monoisotopic (exact) mass is 324 g/mol. The molecule has 2 aliphatic heterocycles. The SMILES string of the molecule is O=C(NCC[NH+]1CCOCC1)C1CCC(=O)N1C1CCCCC1. The molecule has 1 unspecified atom stereocenters. The number of rotatable bonds is 5. The van der Waals surface area contributed by atoms with Crippen LogP contribution in [0.5, 0.6) is 0 Å². The zero-order valence-electron chi connectivity index (χ0n) is 14.0. The predicted molar refractivity (Wildman–Crippen MR) is 86.1 cm³/mol. The Kier molecular flexibility index (Phi) is 5.89. The minimum Gasteiger partial charge on any atom is -0.370 e. The minimum absolute atomic E-state index is 0.0501. The zero-order valence-corrected chi connectivity index (χ0v) is 14.0. The van der Waals surface area contributed by atoms with E-state index in [9.17, 15) is 9.59 Å². The second-order valence-corrected chi connectivity index (χ2v) is 7.05. The van der Waals surface area contributed by atoms with Gasteiger partial charge in [0.25, 0.3) is 0 Å². The van der Waals surface area contributed by atoms with Crippen molar-refractivity contribution >= 4 is 11.8 Å². The zero-order chi connectivity index (χ0) is 16.1. The highest BCUT2D eigenvalue weighted by atomic mass is 16.5. The maximum Gasteiger partial charge on any atom is 0.243 e. The van der Waals surface area contributed by atoms with Crippen LogP contribution in [0, 0.1) is 0 Å². The van der Waals surface area contributed by atoms with Crippen LogP contribution in [0.1, 0.15) is 44.9 Å². The van der Waals surface area contributed by atoms with Gasteiger partial charge in [0.2, 0.25) is 11.8 Å². The van der Waals surface area contributed by atoms with Crippen LogP contribution in [-0.2, 0) is 14.3 Å². The first kappa shape index (κ1) is 16.7. The Morgan fingerprint density at radius 2 is 1.91 bits per heavy atom. The molecule has 3 fully saturated rings. The highest BCUT2D eigenvalue weighted by Gasteiger charge is 2.40. The lowest BCUT2D eigenvalue weighted by Gasteiger charge is -2.35. The van der Waals surface area contributed by atoms with Crippen LogP contribution in [0.25, 0.3) is 0 Å². The molecule has 130 valence electrons. The quantitative estimate of drug-likeness (QED) is 0.706. The molecule has 0 spiro atoms. The largest absolute Gasteiger partial charge is 0.370 e.